The van der Waals surface area contributed by atoms with Gasteiger partial charge in [-0.3, -0.25) is 9.78 Å². The van der Waals surface area contributed by atoms with Crippen LogP contribution in [0.4, 0.5) is 0 Å². The summed E-state index contributed by atoms with van der Waals surface area (Å²) in [5, 5.41) is 5.82. The molecule has 0 aliphatic heterocycles. The first-order valence-corrected chi connectivity index (χ1v) is 7.76. The lowest BCUT2D eigenvalue weighted by molar-refractivity contribution is 0.0953. The normalized spacial score (nSPS) is 10.7. The van der Waals surface area contributed by atoms with Crippen LogP contribution in [0.1, 0.15) is 15.2 Å². The molecule has 0 fully saturated rings. The van der Waals surface area contributed by atoms with E-state index in [1.807, 2.05) is 35.7 Å². The SMILES string of the molecule is O=C(NCc1cc(Br)cs1)c1ccnc2ccccc12. The Bertz CT molecular complexity index is 764. The summed E-state index contributed by atoms with van der Waals surface area (Å²) >= 11 is 5.02. The third kappa shape index (κ3) is 2.73. The number of para-hydroxylation sites is 1. The fraction of sp³-hybridized carbons (Fsp3) is 0.0667. The van der Waals surface area contributed by atoms with Gasteiger partial charge in [-0.1, -0.05) is 18.2 Å². The fourth-order valence-corrected chi connectivity index (χ4v) is 3.39. The van der Waals surface area contributed by atoms with Gasteiger partial charge in [-0.25, -0.2) is 0 Å². The molecule has 0 atom stereocenters. The van der Waals surface area contributed by atoms with Gasteiger partial charge in [0.1, 0.15) is 0 Å². The minimum absolute atomic E-state index is 0.0758. The number of pyridine rings is 1. The number of halogens is 1. The van der Waals surface area contributed by atoms with Crippen molar-refractivity contribution in [2.45, 2.75) is 6.54 Å². The third-order valence-corrected chi connectivity index (χ3v) is 4.64. The highest BCUT2D eigenvalue weighted by atomic mass is 79.9. The molecule has 0 saturated carbocycles. The number of carbonyl (C=O) groups excluding carboxylic acids is 1. The molecule has 5 heteroatoms. The van der Waals surface area contributed by atoms with Crippen LogP contribution in [0.2, 0.25) is 0 Å². The third-order valence-electron chi connectivity index (χ3n) is 2.94. The zero-order valence-corrected chi connectivity index (χ0v) is 12.9. The average Bonchev–Trinajstić information content (AvgIpc) is 2.90. The van der Waals surface area contributed by atoms with Crippen LogP contribution in [0.3, 0.4) is 0 Å². The van der Waals surface area contributed by atoms with Crippen molar-refractivity contribution in [3.63, 3.8) is 0 Å². The Hall–Kier alpha value is -1.72. The van der Waals surface area contributed by atoms with Gasteiger partial charge in [0.25, 0.3) is 5.91 Å². The van der Waals surface area contributed by atoms with Crippen LogP contribution in [0.15, 0.2) is 52.4 Å². The van der Waals surface area contributed by atoms with E-state index in [-0.39, 0.29) is 5.91 Å². The highest BCUT2D eigenvalue weighted by Crippen LogP contribution is 2.20. The molecule has 2 heterocycles. The van der Waals surface area contributed by atoms with Gasteiger partial charge in [-0.05, 0) is 34.1 Å². The van der Waals surface area contributed by atoms with Crippen molar-refractivity contribution in [1.82, 2.24) is 10.3 Å². The van der Waals surface area contributed by atoms with Gasteiger partial charge in [0, 0.05) is 26.3 Å². The zero-order chi connectivity index (χ0) is 13.9. The second-order valence-electron chi connectivity index (χ2n) is 4.29. The number of amides is 1. The summed E-state index contributed by atoms with van der Waals surface area (Å²) in [5.74, 6) is -0.0758. The van der Waals surface area contributed by atoms with Crippen LogP contribution >= 0.6 is 27.3 Å². The zero-order valence-electron chi connectivity index (χ0n) is 10.5. The van der Waals surface area contributed by atoms with Crippen molar-refractivity contribution in [3.05, 3.63) is 62.9 Å². The standard InChI is InChI=1S/C15H11BrN2OS/c16-10-7-11(20-9-10)8-18-15(19)13-5-6-17-14-4-2-1-3-12(13)14/h1-7,9H,8H2,(H,18,19). The van der Waals surface area contributed by atoms with E-state index in [9.17, 15) is 4.79 Å². The molecule has 3 aromatic rings. The Balaban J connectivity index is 1.82. The van der Waals surface area contributed by atoms with Crippen molar-refractivity contribution >= 4 is 44.1 Å². The van der Waals surface area contributed by atoms with Gasteiger partial charge in [-0.15, -0.1) is 11.3 Å². The Labute approximate surface area is 128 Å². The second-order valence-corrected chi connectivity index (χ2v) is 6.20. The molecule has 1 aromatic carbocycles. The highest BCUT2D eigenvalue weighted by Gasteiger charge is 2.10. The molecule has 0 saturated heterocycles. The fourth-order valence-electron chi connectivity index (χ4n) is 2.00. The predicted octanol–water partition coefficient (Wildman–Crippen LogP) is 3.99. The molecule has 1 amide bonds. The van der Waals surface area contributed by atoms with Crippen molar-refractivity contribution < 1.29 is 4.79 Å². The second kappa shape index (κ2) is 5.73. The van der Waals surface area contributed by atoms with E-state index < -0.39 is 0 Å². The summed E-state index contributed by atoms with van der Waals surface area (Å²) in [6.45, 7) is 0.533. The molecule has 2 aromatic heterocycles. The van der Waals surface area contributed by atoms with E-state index in [0.29, 0.717) is 12.1 Å². The maximum atomic E-state index is 12.3. The Morgan fingerprint density at radius 1 is 1.30 bits per heavy atom. The molecule has 0 bridgehead atoms. The number of fused-ring (bicyclic) bond motifs is 1. The summed E-state index contributed by atoms with van der Waals surface area (Å²) in [6.07, 6.45) is 1.67. The number of benzene rings is 1. The number of hydrogen-bond acceptors (Lipinski definition) is 3. The summed E-state index contributed by atoms with van der Waals surface area (Å²) in [5.41, 5.74) is 1.49. The predicted molar refractivity (Wildman–Crippen MR) is 84.9 cm³/mol. The molecule has 0 aliphatic rings. The number of nitrogens with one attached hydrogen (secondary N) is 1. The summed E-state index contributed by atoms with van der Waals surface area (Å²) in [7, 11) is 0. The monoisotopic (exact) mass is 346 g/mol. The molecular formula is C15H11BrN2OS. The van der Waals surface area contributed by atoms with Gasteiger partial charge in [0.05, 0.1) is 17.6 Å². The molecule has 0 aliphatic carbocycles. The molecule has 100 valence electrons. The van der Waals surface area contributed by atoms with Gasteiger partial charge < -0.3 is 5.32 Å². The van der Waals surface area contributed by atoms with Gasteiger partial charge >= 0.3 is 0 Å². The number of hydrogen-bond donors (Lipinski definition) is 1. The van der Waals surface area contributed by atoms with Crippen LogP contribution in [-0.2, 0) is 6.54 Å². The summed E-state index contributed by atoms with van der Waals surface area (Å²) in [6, 6.07) is 11.4. The summed E-state index contributed by atoms with van der Waals surface area (Å²) in [4.78, 5) is 17.7. The minimum Gasteiger partial charge on any atom is -0.347 e. The van der Waals surface area contributed by atoms with Crippen LogP contribution in [0, 0.1) is 0 Å². The molecule has 0 spiro atoms. The van der Waals surface area contributed by atoms with E-state index in [1.54, 1.807) is 23.6 Å². The smallest absolute Gasteiger partial charge is 0.252 e. The first-order chi connectivity index (χ1) is 9.74. The lowest BCUT2D eigenvalue weighted by Crippen LogP contribution is -2.22. The van der Waals surface area contributed by atoms with E-state index >= 15 is 0 Å². The summed E-state index contributed by atoms with van der Waals surface area (Å²) < 4.78 is 1.04. The maximum absolute atomic E-state index is 12.3. The Kier molecular flexibility index (Phi) is 3.80. The molecule has 0 unspecified atom stereocenters. The van der Waals surface area contributed by atoms with Crippen molar-refractivity contribution in [2.24, 2.45) is 0 Å². The first kappa shape index (κ1) is 13.3. The van der Waals surface area contributed by atoms with Crippen molar-refractivity contribution in [1.29, 1.82) is 0 Å². The van der Waals surface area contributed by atoms with E-state index in [1.165, 1.54) is 0 Å². The molecule has 0 radical (unpaired) electrons. The number of nitrogens with zero attached hydrogens (tertiary/aromatic N) is 1. The molecule has 3 rings (SSSR count). The van der Waals surface area contributed by atoms with E-state index in [4.69, 9.17) is 0 Å². The van der Waals surface area contributed by atoms with Crippen LogP contribution in [0.5, 0.6) is 0 Å². The average molecular weight is 347 g/mol. The lowest BCUT2D eigenvalue weighted by Gasteiger charge is -2.06. The number of thiophene rings is 1. The number of carbonyl (C=O) groups is 1. The van der Waals surface area contributed by atoms with Crippen molar-refractivity contribution in [3.8, 4) is 0 Å². The lowest BCUT2D eigenvalue weighted by atomic mass is 10.1. The van der Waals surface area contributed by atoms with Gasteiger partial charge in [-0.2, -0.15) is 0 Å². The molecule has 3 nitrogen and oxygen atoms in total. The van der Waals surface area contributed by atoms with Crippen LogP contribution in [0.25, 0.3) is 10.9 Å². The highest BCUT2D eigenvalue weighted by molar-refractivity contribution is 9.10. The van der Waals surface area contributed by atoms with Gasteiger partial charge in [0.15, 0.2) is 0 Å². The molecule has 20 heavy (non-hydrogen) atoms. The van der Waals surface area contributed by atoms with Crippen LogP contribution < -0.4 is 5.32 Å². The number of aromatic nitrogens is 1. The van der Waals surface area contributed by atoms with Crippen molar-refractivity contribution in [2.75, 3.05) is 0 Å². The quantitative estimate of drug-likeness (QED) is 0.778. The minimum atomic E-state index is -0.0758. The Morgan fingerprint density at radius 3 is 2.95 bits per heavy atom. The Morgan fingerprint density at radius 2 is 2.15 bits per heavy atom. The topological polar surface area (TPSA) is 42.0 Å². The van der Waals surface area contributed by atoms with Gasteiger partial charge in [0.2, 0.25) is 0 Å². The van der Waals surface area contributed by atoms with Crippen LogP contribution in [-0.4, -0.2) is 10.9 Å². The molecule has 1 N–H and O–H groups in total. The first-order valence-electron chi connectivity index (χ1n) is 6.09. The molecular weight excluding hydrogens is 336 g/mol. The maximum Gasteiger partial charge on any atom is 0.252 e. The van der Waals surface area contributed by atoms with E-state index in [0.717, 1.165) is 20.3 Å². The largest absolute Gasteiger partial charge is 0.347 e. The number of rotatable bonds is 3. The van der Waals surface area contributed by atoms with E-state index in [2.05, 4.69) is 26.2 Å².